The molecule has 1 aliphatic heterocycles. The zero-order valence-corrected chi connectivity index (χ0v) is 7.25. The van der Waals surface area contributed by atoms with Crippen molar-refractivity contribution in [2.75, 3.05) is 13.1 Å². The van der Waals surface area contributed by atoms with Gasteiger partial charge in [-0.25, -0.2) is 0 Å². The SMILES string of the molecule is NC1CN(C(=O)c2cncs2)C1. The number of nitrogens with zero attached hydrogens (tertiary/aromatic N) is 2. The molecule has 0 bridgehead atoms. The van der Waals surface area contributed by atoms with Crippen LogP contribution in [-0.2, 0) is 0 Å². The van der Waals surface area contributed by atoms with Crippen LogP contribution in [0.5, 0.6) is 0 Å². The summed E-state index contributed by atoms with van der Waals surface area (Å²) in [5.74, 6) is 0.0548. The molecule has 2 heterocycles. The van der Waals surface area contributed by atoms with E-state index in [0.717, 1.165) is 0 Å². The van der Waals surface area contributed by atoms with Crippen molar-refractivity contribution in [1.29, 1.82) is 0 Å². The van der Waals surface area contributed by atoms with Gasteiger partial charge in [-0.15, -0.1) is 11.3 Å². The third-order valence-electron chi connectivity index (χ3n) is 1.84. The topological polar surface area (TPSA) is 59.2 Å². The molecule has 0 aromatic carbocycles. The lowest BCUT2D eigenvalue weighted by Gasteiger charge is -2.36. The maximum atomic E-state index is 11.5. The van der Waals surface area contributed by atoms with Gasteiger partial charge in [0.1, 0.15) is 4.88 Å². The minimum Gasteiger partial charge on any atom is -0.335 e. The smallest absolute Gasteiger partial charge is 0.265 e. The van der Waals surface area contributed by atoms with Gasteiger partial charge in [0.15, 0.2) is 0 Å². The molecule has 1 saturated heterocycles. The molecule has 1 aromatic rings. The summed E-state index contributed by atoms with van der Waals surface area (Å²) in [6.07, 6.45) is 1.59. The monoisotopic (exact) mass is 183 g/mol. The molecule has 0 atom stereocenters. The number of amides is 1. The Bertz CT molecular complexity index is 279. The van der Waals surface area contributed by atoms with Crippen LogP contribution in [0.2, 0.25) is 0 Å². The third-order valence-corrected chi connectivity index (χ3v) is 2.60. The van der Waals surface area contributed by atoms with Crippen LogP contribution in [0.1, 0.15) is 9.67 Å². The highest BCUT2D eigenvalue weighted by Crippen LogP contribution is 2.14. The van der Waals surface area contributed by atoms with Crippen LogP contribution in [0.3, 0.4) is 0 Å². The van der Waals surface area contributed by atoms with E-state index < -0.39 is 0 Å². The fourth-order valence-electron chi connectivity index (χ4n) is 1.16. The Hall–Kier alpha value is -0.940. The minimum atomic E-state index is 0.0548. The first-order chi connectivity index (χ1) is 5.77. The number of nitrogens with two attached hydrogens (primary N) is 1. The quantitative estimate of drug-likeness (QED) is 0.662. The normalized spacial score (nSPS) is 17.6. The van der Waals surface area contributed by atoms with Crippen LogP contribution >= 0.6 is 11.3 Å². The van der Waals surface area contributed by atoms with Crippen molar-refractivity contribution in [1.82, 2.24) is 9.88 Å². The Kier molecular flexibility index (Phi) is 1.82. The largest absolute Gasteiger partial charge is 0.335 e. The molecule has 0 unspecified atom stereocenters. The van der Waals surface area contributed by atoms with E-state index in [2.05, 4.69) is 4.98 Å². The molecule has 4 nitrogen and oxygen atoms in total. The van der Waals surface area contributed by atoms with Gasteiger partial charge in [0.2, 0.25) is 0 Å². The molecule has 2 N–H and O–H groups in total. The summed E-state index contributed by atoms with van der Waals surface area (Å²) in [7, 11) is 0. The van der Waals surface area contributed by atoms with Crippen molar-refractivity contribution in [2.45, 2.75) is 6.04 Å². The number of rotatable bonds is 1. The number of aromatic nitrogens is 1. The highest BCUT2D eigenvalue weighted by molar-refractivity contribution is 7.11. The van der Waals surface area contributed by atoms with Gasteiger partial charge in [-0.2, -0.15) is 0 Å². The van der Waals surface area contributed by atoms with Crippen molar-refractivity contribution in [3.05, 3.63) is 16.6 Å². The van der Waals surface area contributed by atoms with E-state index in [4.69, 9.17) is 5.73 Å². The summed E-state index contributed by atoms with van der Waals surface area (Å²) in [4.78, 5) is 17.7. The molecule has 0 spiro atoms. The van der Waals surface area contributed by atoms with Crippen LogP contribution in [0.4, 0.5) is 0 Å². The second kappa shape index (κ2) is 2.84. The molecule has 0 radical (unpaired) electrons. The molecular formula is C7H9N3OS. The highest BCUT2D eigenvalue weighted by atomic mass is 32.1. The van der Waals surface area contributed by atoms with Gasteiger partial charge in [-0.1, -0.05) is 0 Å². The summed E-state index contributed by atoms with van der Waals surface area (Å²) >= 11 is 1.37. The van der Waals surface area contributed by atoms with Crippen LogP contribution in [0.15, 0.2) is 11.7 Å². The lowest BCUT2D eigenvalue weighted by molar-refractivity contribution is 0.0613. The lowest BCUT2D eigenvalue weighted by Crippen LogP contribution is -2.57. The second-order valence-electron chi connectivity index (χ2n) is 2.84. The zero-order valence-electron chi connectivity index (χ0n) is 6.43. The molecular weight excluding hydrogens is 174 g/mol. The second-order valence-corrected chi connectivity index (χ2v) is 3.72. The molecule has 1 fully saturated rings. The van der Waals surface area contributed by atoms with Gasteiger partial charge in [0, 0.05) is 19.1 Å². The number of hydrogen-bond donors (Lipinski definition) is 1. The number of carbonyl (C=O) groups excluding carboxylic acids is 1. The maximum absolute atomic E-state index is 11.5. The maximum Gasteiger partial charge on any atom is 0.265 e. The van der Waals surface area contributed by atoms with Crippen molar-refractivity contribution in [2.24, 2.45) is 5.73 Å². The van der Waals surface area contributed by atoms with Gasteiger partial charge in [-0.3, -0.25) is 9.78 Å². The first kappa shape index (κ1) is 7.70. The average molecular weight is 183 g/mol. The van der Waals surface area contributed by atoms with E-state index in [1.165, 1.54) is 11.3 Å². The van der Waals surface area contributed by atoms with Gasteiger partial charge in [-0.05, 0) is 0 Å². The Labute approximate surface area is 74.0 Å². The molecule has 2 rings (SSSR count). The molecule has 12 heavy (non-hydrogen) atoms. The summed E-state index contributed by atoms with van der Waals surface area (Å²) in [6, 6.07) is 0.168. The van der Waals surface area contributed by atoms with Gasteiger partial charge >= 0.3 is 0 Å². The van der Waals surface area contributed by atoms with Crippen molar-refractivity contribution < 1.29 is 4.79 Å². The van der Waals surface area contributed by atoms with Crippen LogP contribution < -0.4 is 5.73 Å². The molecule has 0 saturated carbocycles. The minimum absolute atomic E-state index is 0.0548. The molecule has 1 aliphatic rings. The first-order valence-electron chi connectivity index (χ1n) is 3.70. The number of hydrogen-bond acceptors (Lipinski definition) is 4. The van der Waals surface area contributed by atoms with Gasteiger partial charge in [0.05, 0.1) is 11.7 Å². The number of thiazole rings is 1. The fraction of sp³-hybridized carbons (Fsp3) is 0.429. The van der Waals surface area contributed by atoms with E-state index in [1.54, 1.807) is 16.6 Å². The summed E-state index contributed by atoms with van der Waals surface area (Å²) in [5.41, 5.74) is 7.21. The zero-order chi connectivity index (χ0) is 8.55. The number of carbonyl (C=O) groups is 1. The number of likely N-dealkylation sites (tertiary alicyclic amines) is 1. The van der Waals surface area contributed by atoms with Crippen LogP contribution in [0, 0.1) is 0 Å². The van der Waals surface area contributed by atoms with Crippen LogP contribution in [-0.4, -0.2) is 34.9 Å². The Morgan fingerprint density at radius 3 is 3.00 bits per heavy atom. The highest BCUT2D eigenvalue weighted by Gasteiger charge is 2.28. The van der Waals surface area contributed by atoms with Crippen molar-refractivity contribution in [3.8, 4) is 0 Å². The Morgan fingerprint density at radius 1 is 1.75 bits per heavy atom. The van der Waals surface area contributed by atoms with Gasteiger partial charge in [0.25, 0.3) is 5.91 Å². The summed E-state index contributed by atoms with van der Waals surface area (Å²) < 4.78 is 0. The van der Waals surface area contributed by atoms with Crippen molar-refractivity contribution >= 4 is 17.2 Å². The summed E-state index contributed by atoms with van der Waals surface area (Å²) in [5, 5.41) is 0. The van der Waals surface area contributed by atoms with E-state index >= 15 is 0 Å². The fourth-order valence-corrected chi connectivity index (χ4v) is 1.74. The van der Waals surface area contributed by atoms with Gasteiger partial charge < -0.3 is 10.6 Å². The van der Waals surface area contributed by atoms with Crippen LogP contribution in [0.25, 0.3) is 0 Å². The Morgan fingerprint density at radius 2 is 2.50 bits per heavy atom. The predicted molar refractivity (Wildman–Crippen MR) is 46.0 cm³/mol. The average Bonchev–Trinajstić information content (AvgIpc) is 2.49. The van der Waals surface area contributed by atoms with Crippen molar-refractivity contribution in [3.63, 3.8) is 0 Å². The van der Waals surface area contributed by atoms with E-state index in [1.807, 2.05) is 0 Å². The summed E-state index contributed by atoms with van der Waals surface area (Å²) in [6.45, 7) is 1.35. The third kappa shape index (κ3) is 1.21. The first-order valence-corrected chi connectivity index (χ1v) is 4.58. The van der Waals surface area contributed by atoms with E-state index in [-0.39, 0.29) is 11.9 Å². The standard InChI is InChI=1S/C7H9N3OS/c8-5-2-10(3-5)7(11)6-1-9-4-12-6/h1,4-5H,2-3,8H2. The Balaban J connectivity index is 2.03. The molecule has 1 amide bonds. The molecule has 0 aliphatic carbocycles. The van der Waals surface area contributed by atoms with E-state index in [0.29, 0.717) is 18.0 Å². The molecule has 5 heteroatoms. The lowest BCUT2D eigenvalue weighted by atomic mass is 10.1. The molecule has 1 aromatic heterocycles. The van der Waals surface area contributed by atoms with E-state index in [9.17, 15) is 4.79 Å². The predicted octanol–water partition coefficient (Wildman–Crippen LogP) is -0.0738. The molecule has 64 valence electrons.